The Morgan fingerprint density at radius 1 is 1.14 bits per heavy atom. The van der Waals surface area contributed by atoms with Crippen LogP contribution in [0.15, 0.2) is 65.3 Å². The van der Waals surface area contributed by atoms with Crippen LogP contribution in [0.5, 0.6) is 5.75 Å². The molecule has 0 saturated heterocycles. The average molecular weight is 479 g/mol. The minimum absolute atomic E-state index is 0.0339. The zero-order valence-electron chi connectivity index (χ0n) is 19.2. The van der Waals surface area contributed by atoms with Gasteiger partial charge in [0.05, 0.1) is 37.5 Å². The van der Waals surface area contributed by atoms with Crippen LogP contribution in [0.2, 0.25) is 0 Å². The molecule has 3 aromatic rings. The fourth-order valence-electron chi connectivity index (χ4n) is 3.59. The predicted molar refractivity (Wildman–Crippen MR) is 128 cm³/mol. The van der Waals surface area contributed by atoms with Gasteiger partial charge in [-0.3, -0.25) is 24.6 Å². The van der Waals surface area contributed by atoms with Gasteiger partial charge in [0.15, 0.2) is 0 Å². The number of nitro groups is 1. The van der Waals surface area contributed by atoms with Crippen molar-refractivity contribution in [1.29, 1.82) is 0 Å². The highest BCUT2D eigenvalue weighted by atomic mass is 16.6. The number of ether oxygens (including phenoxy) is 1. The minimum Gasteiger partial charge on any atom is -0.496 e. The van der Waals surface area contributed by atoms with Crippen LogP contribution in [0.3, 0.4) is 0 Å². The Morgan fingerprint density at radius 3 is 2.54 bits per heavy atom. The van der Waals surface area contributed by atoms with Gasteiger partial charge >= 0.3 is 0 Å². The molecular weight excluding hydrogens is 452 g/mol. The molecule has 182 valence electrons. The third-order valence-electron chi connectivity index (χ3n) is 5.54. The Bertz CT molecular complexity index is 1190. The standard InChI is InChI=1S/C25H26N4O6/c1-34-20-10-11-22(23(13-20)29(32)33)27-24(30)16-28(15-21-3-2-12-35-21)14-17-4-6-18(7-5-17)25(31)26-19-8-9-19/h2-7,10-13,19H,8-9,14-16H2,1H3,(H,26,31)(H,27,30). The van der Waals surface area contributed by atoms with Crippen molar-refractivity contribution in [3.05, 3.63) is 87.9 Å². The van der Waals surface area contributed by atoms with Gasteiger partial charge < -0.3 is 19.8 Å². The number of anilines is 1. The first-order valence-corrected chi connectivity index (χ1v) is 11.2. The van der Waals surface area contributed by atoms with Crippen molar-refractivity contribution in [3.8, 4) is 5.75 Å². The van der Waals surface area contributed by atoms with Gasteiger partial charge in [0.25, 0.3) is 11.6 Å². The lowest BCUT2D eigenvalue weighted by atomic mass is 10.1. The summed E-state index contributed by atoms with van der Waals surface area (Å²) in [5.74, 6) is 0.495. The number of furan rings is 1. The van der Waals surface area contributed by atoms with E-state index in [1.54, 1.807) is 30.5 Å². The fourth-order valence-corrected chi connectivity index (χ4v) is 3.59. The smallest absolute Gasteiger partial charge is 0.296 e. The largest absolute Gasteiger partial charge is 0.496 e. The molecule has 0 spiro atoms. The third kappa shape index (κ3) is 6.67. The third-order valence-corrected chi connectivity index (χ3v) is 5.54. The van der Waals surface area contributed by atoms with Gasteiger partial charge in [-0.1, -0.05) is 12.1 Å². The zero-order chi connectivity index (χ0) is 24.8. The van der Waals surface area contributed by atoms with Gasteiger partial charge in [0.1, 0.15) is 17.2 Å². The summed E-state index contributed by atoms with van der Waals surface area (Å²) >= 11 is 0. The van der Waals surface area contributed by atoms with Gasteiger partial charge in [-0.25, -0.2) is 0 Å². The molecule has 0 unspecified atom stereocenters. The number of hydrogen-bond donors (Lipinski definition) is 2. The molecule has 0 radical (unpaired) electrons. The molecule has 1 aromatic heterocycles. The molecular formula is C25H26N4O6. The lowest BCUT2D eigenvalue weighted by Gasteiger charge is -2.21. The first-order chi connectivity index (χ1) is 16.9. The van der Waals surface area contributed by atoms with E-state index in [0.717, 1.165) is 18.4 Å². The molecule has 1 heterocycles. The number of carbonyl (C=O) groups is 2. The molecule has 10 heteroatoms. The van der Waals surface area contributed by atoms with Crippen LogP contribution in [-0.2, 0) is 17.9 Å². The van der Waals surface area contributed by atoms with E-state index in [9.17, 15) is 19.7 Å². The summed E-state index contributed by atoms with van der Waals surface area (Å²) in [5, 5.41) is 17.0. The van der Waals surface area contributed by atoms with Gasteiger partial charge in [-0.15, -0.1) is 0 Å². The van der Waals surface area contributed by atoms with Crippen LogP contribution < -0.4 is 15.4 Å². The van der Waals surface area contributed by atoms with E-state index in [0.29, 0.717) is 30.2 Å². The van der Waals surface area contributed by atoms with Crippen molar-refractivity contribution in [2.75, 3.05) is 19.0 Å². The normalized spacial score (nSPS) is 12.9. The molecule has 35 heavy (non-hydrogen) atoms. The molecule has 1 aliphatic rings. The summed E-state index contributed by atoms with van der Waals surface area (Å²) in [6.45, 7) is 0.728. The van der Waals surface area contributed by atoms with Gasteiger partial charge in [-0.05, 0) is 54.8 Å². The summed E-state index contributed by atoms with van der Waals surface area (Å²) in [5.41, 5.74) is 1.32. The Labute approximate surface area is 202 Å². The van der Waals surface area contributed by atoms with Gasteiger partial charge in [0.2, 0.25) is 5.91 Å². The Kier molecular flexibility index (Phi) is 7.41. The second-order valence-corrected chi connectivity index (χ2v) is 8.36. The SMILES string of the molecule is COc1ccc(NC(=O)CN(Cc2ccc(C(=O)NC3CC3)cc2)Cc2ccco2)c([N+](=O)[O-])c1. The fraction of sp³-hybridized carbons (Fsp3) is 0.280. The molecule has 1 aliphatic carbocycles. The van der Waals surface area contributed by atoms with Crippen molar-refractivity contribution in [3.63, 3.8) is 0 Å². The quantitative estimate of drug-likeness (QED) is 0.318. The Balaban J connectivity index is 1.44. The highest BCUT2D eigenvalue weighted by Crippen LogP contribution is 2.29. The summed E-state index contributed by atoms with van der Waals surface area (Å²) in [6, 6.07) is 15.3. The number of hydrogen-bond acceptors (Lipinski definition) is 7. The highest BCUT2D eigenvalue weighted by molar-refractivity contribution is 5.95. The topological polar surface area (TPSA) is 127 Å². The molecule has 1 fully saturated rings. The molecule has 1 saturated carbocycles. The highest BCUT2D eigenvalue weighted by Gasteiger charge is 2.24. The second kappa shape index (κ2) is 10.8. The van der Waals surface area contributed by atoms with Crippen LogP contribution in [0, 0.1) is 10.1 Å². The monoisotopic (exact) mass is 478 g/mol. The number of nitrogens with one attached hydrogen (secondary N) is 2. The maximum Gasteiger partial charge on any atom is 0.296 e. The van der Waals surface area contributed by atoms with Crippen LogP contribution in [0.25, 0.3) is 0 Å². The Hall–Kier alpha value is -4.18. The number of nitro benzene ring substituents is 1. The van der Waals surface area contributed by atoms with Crippen LogP contribution in [0.4, 0.5) is 11.4 Å². The van der Waals surface area contributed by atoms with E-state index in [2.05, 4.69) is 10.6 Å². The summed E-state index contributed by atoms with van der Waals surface area (Å²) in [4.78, 5) is 37.8. The molecule has 0 bridgehead atoms. The van der Waals surface area contributed by atoms with E-state index in [4.69, 9.17) is 9.15 Å². The van der Waals surface area contributed by atoms with Crippen LogP contribution in [-0.4, -0.2) is 41.3 Å². The summed E-state index contributed by atoms with van der Waals surface area (Å²) in [6.07, 6.45) is 3.60. The molecule has 2 aromatic carbocycles. The minimum atomic E-state index is -0.570. The first kappa shape index (κ1) is 24.0. The molecule has 4 rings (SSSR count). The molecule has 0 aliphatic heterocycles. The van der Waals surface area contributed by atoms with E-state index in [1.165, 1.54) is 19.2 Å². The number of methoxy groups -OCH3 is 1. The average Bonchev–Trinajstić information content (AvgIpc) is 3.51. The van der Waals surface area contributed by atoms with Crippen molar-refractivity contribution in [2.45, 2.75) is 32.0 Å². The molecule has 2 N–H and O–H groups in total. The second-order valence-electron chi connectivity index (χ2n) is 8.36. The summed E-state index contributed by atoms with van der Waals surface area (Å²) < 4.78 is 10.5. The molecule has 10 nitrogen and oxygen atoms in total. The van der Waals surface area contributed by atoms with Crippen molar-refractivity contribution < 1.29 is 23.7 Å². The lowest BCUT2D eigenvalue weighted by Crippen LogP contribution is -2.32. The maximum atomic E-state index is 12.8. The number of rotatable bonds is 11. The number of amides is 2. The predicted octanol–water partition coefficient (Wildman–Crippen LogP) is 3.73. The number of carbonyl (C=O) groups excluding carboxylic acids is 2. The van der Waals surface area contributed by atoms with Crippen molar-refractivity contribution >= 4 is 23.2 Å². The van der Waals surface area contributed by atoms with E-state index >= 15 is 0 Å². The van der Waals surface area contributed by atoms with Crippen molar-refractivity contribution in [2.24, 2.45) is 0 Å². The van der Waals surface area contributed by atoms with Crippen molar-refractivity contribution in [1.82, 2.24) is 10.2 Å². The van der Waals surface area contributed by atoms with E-state index in [-0.39, 0.29) is 29.9 Å². The Morgan fingerprint density at radius 2 is 1.91 bits per heavy atom. The first-order valence-electron chi connectivity index (χ1n) is 11.2. The number of nitrogens with zero attached hydrogens (tertiary/aromatic N) is 2. The summed E-state index contributed by atoms with van der Waals surface area (Å²) in [7, 11) is 1.41. The molecule has 0 atom stereocenters. The number of benzene rings is 2. The van der Waals surface area contributed by atoms with Gasteiger partial charge in [-0.2, -0.15) is 0 Å². The molecule has 2 amide bonds. The van der Waals surface area contributed by atoms with Crippen LogP contribution >= 0.6 is 0 Å². The van der Waals surface area contributed by atoms with Crippen LogP contribution in [0.1, 0.15) is 34.5 Å². The van der Waals surface area contributed by atoms with Gasteiger partial charge in [0, 0.05) is 18.2 Å². The van der Waals surface area contributed by atoms with E-state index in [1.807, 2.05) is 23.1 Å². The van der Waals surface area contributed by atoms with E-state index < -0.39 is 10.8 Å². The maximum absolute atomic E-state index is 12.8. The zero-order valence-corrected chi connectivity index (χ0v) is 19.2. The lowest BCUT2D eigenvalue weighted by molar-refractivity contribution is -0.384.